The van der Waals surface area contributed by atoms with E-state index in [9.17, 15) is 58.2 Å². The van der Waals surface area contributed by atoms with Gasteiger partial charge >= 0.3 is 5.97 Å². The topological polar surface area (TPSA) is 332 Å². The van der Waals surface area contributed by atoms with E-state index in [0.717, 1.165) is 4.90 Å². The van der Waals surface area contributed by atoms with Crippen molar-refractivity contribution in [3.8, 4) is 22.9 Å². The molecule has 6 heterocycles. The molecule has 4 aromatic rings. The number of aliphatic hydroxyl groups excluding tert-OH is 1. The van der Waals surface area contributed by atoms with Crippen LogP contribution in [0, 0.1) is 11.8 Å². The average Bonchev–Trinajstić information content (AvgIpc) is 4.14. The van der Waals surface area contributed by atoms with E-state index in [-0.39, 0.29) is 87.7 Å². The first-order chi connectivity index (χ1) is 37.5. The summed E-state index contributed by atoms with van der Waals surface area (Å²) in [4.78, 5) is 135. The molecule has 24 nitrogen and oxygen atoms in total. The number of imide groups is 1. The molecular weight excluding hydrogens is 1010 g/mol. The molecule has 24 heteroatoms. The van der Waals surface area contributed by atoms with Gasteiger partial charge in [-0.2, -0.15) is 0 Å². The van der Waals surface area contributed by atoms with Crippen molar-refractivity contribution in [1.29, 1.82) is 0 Å². The molecule has 1 fully saturated rings. The van der Waals surface area contributed by atoms with Crippen LogP contribution in [0.4, 0.5) is 0 Å². The Labute approximate surface area is 445 Å². The first-order valence-corrected chi connectivity index (χ1v) is 25.9. The van der Waals surface area contributed by atoms with Crippen molar-refractivity contribution < 1.29 is 67.6 Å². The Morgan fingerprint density at radius 3 is 2.21 bits per heavy atom. The van der Waals surface area contributed by atoms with E-state index in [1.54, 1.807) is 55.5 Å². The Morgan fingerprint density at radius 2 is 1.47 bits per heavy atom. The Kier molecular flexibility index (Phi) is 16.3. The highest BCUT2D eigenvalue weighted by molar-refractivity contribution is 6.12. The van der Waals surface area contributed by atoms with Gasteiger partial charge in [0.25, 0.3) is 17.4 Å². The molecule has 1 aliphatic carbocycles. The molecule has 1 saturated carbocycles. The lowest BCUT2D eigenvalue weighted by atomic mass is 9.86. The van der Waals surface area contributed by atoms with Crippen LogP contribution in [0.1, 0.15) is 79.7 Å². The van der Waals surface area contributed by atoms with E-state index in [2.05, 4.69) is 31.9 Å². The zero-order valence-corrected chi connectivity index (χ0v) is 42.6. The van der Waals surface area contributed by atoms with Crippen LogP contribution in [0.3, 0.4) is 0 Å². The van der Waals surface area contributed by atoms with E-state index in [0.29, 0.717) is 82.6 Å². The fourth-order valence-corrected chi connectivity index (χ4v) is 10.1. The van der Waals surface area contributed by atoms with Crippen LogP contribution < -0.4 is 46.9 Å². The number of carbonyl (C=O) groups excluding carboxylic acids is 9. The van der Waals surface area contributed by atoms with Crippen LogP contribution in [0.15, 0.2) is 65.5 Å². The van der Waals surface area contributed by atoms with Crippen LogP contribution >= 0.6 is 0 Å². The zero-order chi connectivity index (χ0) is 55.3. The van der Waals surface area contributed by atoms with Gasteiger partial charge in [0.15, 0.2) is 17.1 Å². The van der Waals surface area contributed by atoms with Crippen LogP contribution in [-0.4, -0.2) is 130 Å². The van der Waals surface area contributed by atoms with E-state index < -0.39 is 90.3 Å². The molecular formula is C54H59N9O15. The number of aliphatic hydroxyl groups is 2. The van der Waals surface area contributed by atoms with Crippen LogP contribution in [0.5, 0.6) is 11.5 Å². The summed E-state index contributed by atoms with van der Waals surface area (Å²) in [5, 5.41) is 39.0. The van der Waals surface area contributed by atoms with Crippen molar-refractivity contribution in [3.05, 3.63) is 98.9 Å². The molecule has 2 aromatic heterocycles. The molecule has 0 spiro atoms. The number of carbonyl (C=O) groups is 9. The lowest BCUT2D eigenvalue weighted by Gasteiger charge is -2.31. The number of pyridine rings is 2. The van der Waals surface area contributed by atoms with Crippen LogP contribution in [-0.2, 0) is 79.6 Å². The number of hydrogen-bond donors (Lipinski definition) is 8. The van der Waals surface area contributed by atoms with Crippen LogP contribution in [0.2, 0.25) is 0 Å². The molecule has 9 rings (SSSR count). The normalized spacial score (nSPS) is 17.8. The number of nitrogens with zero attached hydrogens (tertiary/aromatic N) is 3. The number of nitrogens with one attached hydrogen (secondary N) is 6. The summed E-state index contributed by atoms with van der Waals surface area (Å²) >= 11 is 0. The minimum atomic E-state index is -2.04. The third kappa shape index (κ3) is 11.9. The van der Waals surface area contributed by atoms with Crippen molar-refractivity contribution in [2.24, 2.45) is 11.8 Å². The number of amides is 8. The second-order valence-electron chi connectivity index (χ2n) is 19.7. The quantitative estimate of drug-likeness (QED) is 0.0219. The van der Waals surface area contributed by atoms with E-state index >= 15 is 0 Å². The van der Waals surface area contributed by atoms with Gasteiger partial charge < -0.3 is 60.9 Å². The maximum Gasteiger partial charge on any atom is 0.343 e. The molecule has 0 bridgehead atoms. The number of unbranched alkanes of at least 4 members (excludes halogenated alkanes) is 2. The Hall–Kier alpha value is -8.51. The largest absolute Gasteiger partial charge is 0.458 e. The number of hydrogen-bond acceptors (Lipinski definition) is 16. The number of cyclic esters (lactones) is 1. The number of fused-ring (bicyclic) bond motifs is 6. The molecule has 78 heavy (non-hydrogen) atoms. The number of benzene rings is 2. The molecule has 0 radical (unpaired) electrons. The Balaban J connectivity index is 0.773. The summed E-state index contributed by atoms with van der Waals surface area (Å²) in [6.45, 7) is -0.308. The first kappa shape index (κ1) is 54.3. The predicted octanol–water partition coefficient (Wildman–Crippen LogP) is -0.511. The number of esters is 1. The van der Waals surface area contributed by atoms with Crippen molar-refractivity contribution in [1.82, 2.24) is 46.4 Å². The van der Waals surface area contributed by atoms with Crippen molar-refractivity contribution in [2.45, 2.75) is 95.7 Å². The smallest absolute Gasteiger partial charge is 0.343 e. The number of rotatable bonds is 24. The molecule has 0 saturated heterocycles. The molecule has 4 atom stereocenters. The SMILES string of the molecule is CC[C@@]1(O)C(=O)OCc2c1cc1n(c2=O)Cc2c-1nc1cc3c(cc1c2CNC(=O)C(C(O)CNC(=O)CNC(=O)[C@H](Cc1ccccc1)NC(=O)CNC(=O)CNC(=O)CCCCCN1C(=O)C=CC1=O)C1CC1)OCO3. The lowest BCUT2D eigenvalue weighted by Crippen LogP contribution is -2.52. The molecule has 410 valence electrons. The van der Waals surface area contributed by atoms with Gasteiger partial charge in [0.1, 0.15) is 12.6 Å². The fraction of sp³-hybridized carbons (Fsp3) is 0.426. The van der Waals surface area contributed by atoms with E-state index in [1.165, 1.54) is 16.7 Å². The van der Waals surface area contributed by atoms with Gasteiger partial charge in [0, 0.05) is 67.2 Å². The average molecular weight is 1070 g/mol. The van der Waals surface area contributed by atoms with Crippen LogP contribution in [0.25, 0.3) is 22.3 Å². The van der Waals surface area contributed by atoms with Gasteiger partial charge in [-0.05, 0) is 61.3 Å². The fourth-order valence-electron chi connectivity index (χ4n) is 10.1. The zero-order valence-electron chi connectivity index (χ0n) is 42.6. The predicted molar refractivity (Wildman–Crippen MR) is 273 cm³/mol. The molecule has 8 N–H and O–H groups in total. The minimum absolute atomic E-state index is 0.0143. The summed E-state index contributed by atoms with van der Waals surface area (Å²) in [6.07, 6.45) is 4.02. The van der Waals surface area contributed by atoms with Gasteiger partial charge in [-0.15, -0.1) is 0 Å². The monoisotopic (exact) mass is 1070 g/mol. The van der Waals surface area contributed by atoms with Gasteiger partial charge in [0.05, 0.1) is 60.7 Å². The van der Waals surface area contributed by atoms with Gasteiger partial charge in [0.2, 0.25) is 42.2 Å². The lowest BCUT2D eigenvalue weighted by molar-refractivity contribution is -0.172. The summed E-state index contributed by atoms with van der Waals surface area (Å²) in [5.74, 6) is -5.52. The maximum absolute atomic E-state index is 14.1. The number of ether oxygens (including phenoxy) is 3. The second-order valence-corrected chi connectivity index (χ2v) is 19.7. The maximum atomic E-state index is 14.1. The molecule has 5 aliphatic rings. The van der Waals surface area contributed by atoms with Crippen molar-refractivity contribution >= 4 is 64.1 Å². The molecule has 2 unspecified atom stereocenters. The highest BCUT2D eigenvalue weighted by Crippen LogP contribution is 2.44. The number of aromatic nitrogens is 2. The standard InChI is InChI=1S/C54H59N9O15/c1-2-54(75)35-19-38-49-33(26-63(38)52(73)34(35)27-76-53(54)74)32(31-18-40-41(78-28-77-40)20-36(31)61-49)21-58-51(72)48(30-12-13-30)39(64)22-55-44(67)24-59-50(71)37(17-29-9-5-3-6-10-29)60-45(68)25-57-43(66)23-56-42(65)11-7-4-8-16-62-46(69)14-15-47(62)70/h3,5-6,9-10,14-15,18-20,30,37,39,48,64,75H,2,4,7-8,11-13,16-17,21-28H2,1H3,(H,55,67)(H,56,65)(H,57,66)(H,58,72)(H,59,71)(H,60,68)/t37-,39?,48?,54-/m0/s1. The van der Waals surface area contributed by atoms with E-state index in [4.69, 9.17) is 19.2 Å². The van der Waals surface area contributed by atoms with Gasteiger partial charge in [-0.1, -0.05) is 43.7 Å². The first-order valence-electron chi connectivity index (χ1n) is 25.9. The van der Waals surface area contributed by atoms with Gasteiger partial charge in [-0.25, -0.2) is 9.78 Å². The molecule has 4 aliphatic heterocycles. The Morgan fingerprint density at radius 1 is 0.782 bits per heavy atom. The van der Waals surface area contributed by atoms with Crippen molar-refractivity contribution in [3.63, 3.8) is 0 Å². The van der Waals surface area contributed by atoms with E-state index in [1.807, 2.05) is 0 Å². The second kappa shape index (κ2) is 23.4. The summed E-state index contributed by atoms with van der Waals surface area (Å²) in [6, 6.07) is 12.6. The highest BCUT2D eigenvalue weighted by Gasteiger charge is 2.46. The molecule has 8 amide bonds. The third-order valence-corrected chi connectivity index (χ3v) is 14.5. The Bertz CT molecular complexity index is 3180. The highest BCUT2D eigenvalue weighted by atomic mass is 16.7. The summed E-state index contributed by atoms with van der Waals surface area (Å²) < 4.78 is 18.0. The summed E-state index contributed by atoms with van der Waals surface area (Å²) in [7, 11) is 0. The minimum Gasteiger partial charge on any atom is -0.458 e. The van der Waals surface area contributed by atoms with Crippen molar-refractivity contribution in [2.75, 3.05) is 39.5 Å². The summed E-state index contributed by atoms with van der Waals surface area (Å²) in [5.41, 5.74) is 0.939. The third-order valence-electron chi connectivity index (χ3n) is 14.5. The molecule has 2 aromatic carbocycles. The van der Waals surface area contributed by atoms with Gasteiger partial charge in [-0.3, -0.25) is 48.1 Å².